The normalized spacial score (nSPS) is 33.5. The maximum atomic E-state index is 12.7. The highest BCUT2D eigenvalue weighted by molar-refractivity contribution is 5.78. The summed E-state index contributed by atoms with van der Waals surface area (Å²) in [6.45, 7) is 10.6. The average Bonchev–Trinajstić information content (AvgIpc) is 2.93. The molecule has 0 aromatic rings. The molecule has 3 aliphatic heterocycles. The van der Waals surface area contributed by atoms with Gasteiger partial charge in [0, 0.05) is 31.7 Å². The van der Waals surface area contributed by atoms with Gasteiger partial charge in [-0.1, -0.05) is 19.3 Å². The van der Waals surface area contributed by atoms with Crippen molar-refractivity contribution in [3.05, 3.63) is 0 Å². The van der Waals surface area contributed by atoms with Crippen LogP contribution in [-0.4, -0.2) is 60.5 Å². The van der Waals surface area contributed by atoms with E-state index in [2.05, 4.69) is 29.0 Å². The number of carbonyl (C=O) groups excluding carboxylic acids is 1. The van der Waals surface area contributed by atoms with Crippen LogP contribution in [-0.2, 0) is 4.79 Å². The second kappa shape index (κ2) is 6.25. The van der Waals surface area contributed by atoms with E-state index < -0.39 is 0 Å². The van der Waals surface area contributed by atoms with Crippen LogP contribution in [0.4, 0.5) is 0 Å². The molecule has 0 aromatic heterocycles. The maximum Gasteiger partial charge on any atom is 0.236 e. The number of likely N-dealkylation sites (tertiary alicyclic amines) is 2. The molecule has 1 amide bonds. The van der Waals surface area contributed by atoms with Crippen LogP contribution in [0.2, 0.25) is 0 Å². The van der Waals surface area contributed by atoms with E-state index in [-0.39, 0.29) is 5.54 Å². The first-order valence-corrected chi connectivity index (χ1v) is 8.82. The van der Waals surface area contributed by atoms with Crippen LogP contribution >= 0.6 is 0 Å². The second-order valence-corrected chi connectivity index (χ2v) is 7.71. The van der Waals surface area contributed by atoms with E-state index in [1.807, 2.05) is 0 Å². The average molecular weight is 293 g/mol. The smallest absolute Gasteiger partial charge is 0.236 e. The molecule has 0 saturated carbocycles. The van der Waals surface area contributed by atoms with Gasteiger partial charge in [0.15, 0.2) is 0 Å². The zero-order valence-corrected chi connectivity index (χ0v) is 13.7. The van der Waals surface area contributed by atoms with Crippen molar-refractivity contribution in [2.75, 3.05) is 39.3 Å². The topological polar surface area (TPSA) is 35.6 Å². The second-order valence-electron chi connectivity index (χ2n) is 7.71. The van der Waals surface area contributed by atoms with Crippen molar-refractivity contribution in [1.29, 1.82) is 0 Å². The highest BCUT2D eigenvalue weighted by Crippen LogP contribution is 2.40. The fourth-order valence-electron chi connectivity index (χ4n) is 4.53. The number of fused-ring (bicyclic) bond motifs is 1. The fraction of sp³-hybridized carbons (Fsp3) is 0.941. The number of carbonyl (C=O) groups is 1. The van der Waals surface area contributed by atoms with Gasteiger partial charge in [0.2, 0.25) is 5.91 Å². The standard InChI is InChI=1S/C17H31N3O/c1-17(2)15-11-18-10-14(15)12-20(17)13-16(21)19-8-6-4-3-5-7-9-19/h14-15,18H,3-13H2,1-2H3. The van der Waals surface area contributed by atoms with Crippen molar-refractivity contribution in [2.45, 2.75) is 51.5 Å². The molecule has 0 spiro atoms. The zero-order valence-electron chi connectivity index (χ0n) is 13.7. The molecule has 3 rings (SSSR count). The fourth-order valence-corrected chi connectivity index (χ4v) is 4.53. The lowest BCUT2D eigenvalue weighted by Gasteiger charge is -2.36. The summed E-state index contributed by atoms with van der Waals surface area (Å²) in [7, 11) is 0. The third kappa shape index (κ3) is 3.11. The molecule has 3 aliphatic rings. The Hall–Kier alpha value is -0.610. The van der Waals surface area contributed by atoms with Crippen LogP contribution in [0.15, 0.2) is 0 Å². The van der Waals surface area contributed by atoms with Gasteiger partial charge in [-0.25, -0.2) is 0 Å². The monoisotopic (exact) mass is 293 g/mol. The largest absolute Gasteiger partial charge is 0.342 e. The summed E-state index contributed by atoms with van der Waals surface area (Å²) in [5.74, 6) is 1.80. The summed E-state index contributed by atoms with van der Waals surface area (Å²) < 4.78 is 0. The Morgan fingerprint density at radius 3 is 2.43 bits per heavy atom. The lowest BCUT2D eigenvalue weighted by molar-refractivity contribution is -0.133. The summed E-state index contributed by atoms with van der Waals surface area (Å²) in [5.41, 5.74) is 0.159. The molecule has 0 aliphatic carbocycles. The third-order valence-corrected chi connectivity index (χ3v) is 6.05. The molecule has 21 heavy (non-hydrogen) atoms. The molecular weight excluding hydrogens is 262 g/mol. The zero-order chi connectivity index (χ0) is 14.9. The molecule has 2 unspecified atom stereocenters. The van der Waals surface area contributed by atoms with Gasteiger partial charge in [0.1, 0.15) is 0 Å². The first-order chi connectivity index (χ1) is 10.1. The molecule has 3 fully saturated rings. The van der Waals surface area contributed by atoms with Crippen LogP contribution in [0.5, 0.6) is 0 Å². The van der Waals surface area contributed by atoms with E-state index in [0.29, 0.717) is 18.4 Å². The number of hydrogen-bond acceptors (Lipinski definition) is 3. The molecule has 0 aromatic carbocycles. The molecule has 4 heteroatoms. The summed E-state index contributed by atoms with van der Waals surface area (Å²) in [6.07, 6.45) is 6.29. The van der Waals surface area contributed by atoms with Crippen molar-refractivity contribution in [3.8, 4) is 0 Å². The third-order valence-electron chi connectivity index (χ3n) is 6.05. The van der Waals surface area contributed by atoms with Crippen molar-refractivity contribution in [3.63, 3.8) is 0 Å². The minimum absolute atomic E-state index is 0.159. The highest BCUT2D eigenvalue weighted by atomic mass is 16.2. The number of rotatable bonds is 2. The van der Waals surface area contributed by atoms with E-state index in [4.69, 9.17) is 0 Å². The van der Waals surface area contributed by atoms with Gasteiger partial charge in [-0.15, -0.1) is 0 Å². The molecule has 3 heterocycles. The molecule has 0 bridgehead atoms. The van der Waals surface area contributed by atoms with Gasteiger partial charge in [0.25, 0.3) is 0 Å². The van der Waals surface area contributed by atoms with Gasteiger partial charge < -0.3 is 10.2 Å². The highest BCUT2D eigenvalue weighted by Gasteiger charge is 2.49. The van der Waals surface area contributed by atoms with E-state index in [1.54, 1.807) is 0 Å². The summed E-state index contributed by atoms with van der Waals surface area (Å²) >= 11 is 0. The van der Waals surface area contributed by atoms with E-state index >= 15 is 0 Å². The Morgan fingerprint density at radius 1 is 1.10 bits per heavy atom. The predicted molar refractivity (Wildman–Crippen MR) is 85.2 cm³/mol. The van der Waals surface area contributed by atoms with Gasteiger partial charge in [-0.2, -0.15) is 0 Å². The lowest BCUT2D eigenvalue weighted by Crippen LogP contribution is -2.49. The van der Waals surface area contributed by atoms with Gasteiger partial charge in [-0.05, 0) is 45.1 Å². The van der Waals surface area contributed by atoms with E-state index in [9.17, 15) is 4.79 Å². The molecule has 120 valence electrons. The Bertz CT molecular complexity index is 374. The van der Waals surface area contributed by atoms with Crippen LogP contribution in [0.3, 0.4) is 0 Å². The van der Waals surface area contributed by atoms with Crippen molar-refractivity contribution < 1.29 is 4.79 Å². The van der Waals surface area contributed by atoms with Crippen LogP contribution in [0, 0.1) is 11.8 Å². The molecule has 2 atom stereocenters. The first-order valence-electron chi connectivity index (χ1n) is 8.82. The van der Waals surface area contributed by atoms with Gasteiger partial charge in [0.05, 0.1) is 6.54 Å². The Kier molecular flexibility index (Phi) is 4.55. The van der Waals surface area contributed by atoms with Crippen LogP contribution < -0.4 is 5.32 Å². The first kappa shape index (κ1) is 15.3. The van der Waals surface area contributed by atoms with Crippen molar-refractivity contribution in [2.24, 2.45) is 11.8 Å². The minimum atomic E-state index is 0.159. The Morgan fingerprint density at radius 2 is 1.76 bits per heavy atom. The van der Waals surface area contributed by atoms with Gasteiger partial charge in [-0.3, -0.25) is 9.69 Å². The Labute approximate surface area is 129 Å². The van der Waals surface area contributed by atoms with E-state index in [1.165, 1.54) is 32.1 Å². The quantitative estimate of drug-likeness (QED) is 0.842. The summed E-state index contributed by atoms with van der Waals surface area (Å²) in [6, 6.07) is 0. The van der Waals surface area contributed by atoms with Crippen LogP contribution in [0.1, 0.15) is 46.0 Å². The molecule has 3 saturated heterocycles. The number of nitrogens with one attached hydrogen (secondary N) is 1. The predicted octanol–water partition coefficient (Wildman–Crippen LogP) is 1.71. The van der Waals surface area contributed by atoms with Gasteiger partial charge >= 0.3 is 0 Å². The lowest BCUT2D eigenvalue weighted by atomic mass is 9.85. The molecular formula is C17H31N3O. The summed E-state index contributed by atoms with van der Waals surface area (Å²) in [4.78, 5) is 17.3. The van der Waals surface area contributed by atoms with E-state index in [0.717, 1.165) is 38.6 Å². The van der Waals surface area contributed by atoms with Crippen molar-refractivity contribution >= 4 is 5.91 Å². The van der Waals surface area contributed by atoms with Crippen molar-refractivity contribution in [1.82, 2.24) is 15.1 Å². The Balaban J connectivity index is 1.59. The number of hydrogen-bond donors (Lipinski definition) is 1. The summed E-state index contributed by atoms with van der Waals surface area (Å²) in [5, 5.41) is 3.51. The number of amides is 1. The minimum Gasteiger partial charge on any atom is -0.342 e. The SMILES string of the molecule is CC1(C)C2CNCC2CN1CC(=O)N1CCCCCCC1. The molecule has 0 radical (unpaired) electrons. The maximum absolute atomic E-state index is 12.7. The molecule has 1 N–H and O–H groups in total. The molecule has 4 nitrogen and oxygen atoms in total. The van der Waals surface area contributed by atoms with Crippen LogP contribution in [0.25, 0.3) is 0 Å². The number of nitrogens with zero attached hydrogens (tertiary/aromatic N) is 2.